The second-order valence-electron chi connectivity index (χ2n) is 3.38. The number of nitrogens with two attached hydrogens (primary N) is 1. The fourth-order valence-electron chi connectivity index (χ4n) is 0.972. The molecule has 0 heterocycles. The molecule has 0 saturated carbocycles. The molecule has 0 spiro atoms. The van der Waals surface area contributed by atoms with Gasteiger partial charge < -0.3 is 4.74 Å². The monoisotopic (exact) mass is 224 g/mol. The van der Waals surface area contributed by atoms with Crippen LogP contribution in [0.4, 0.5) is 0 Å². The van der Waals surface area contributed by atoms with Gasteiger partial charge in [-0.3, -0.25) is 11.3 Å². The van der Waals surface area contributed by atoms with Crippen molar-refractivity contribution >= 4 is 9.84 Å². The Morgan fingerprint density at radius 2 is 2.07 bits per heavy atom. The maximum Gasteiger partial charge on any atom is 0.151 e. The molecule has 0 aromatic rings. The van der Waals surface area contributed by atoms with Crippen molar-refractivity contribution in [2.45, 2.75) is 31.6 Å². The van der Waals surface area contributed by atoms with Gasteiger partial charge in [0.15, 0.2) is 9.84 Å². The zero-order valence-electron chi connectivity index (χ0n) is 8.99. The third kappa shape index (κ3) is 4.90. The molecule has 0 fully saturated rings. The van der Waals surface area contributed by atoms with E-state index in [0.717, 1.165) is 6.42 Å². The second kappa shape index (κ2) is 6.34. The highest BCUT2D eigenvalue weighted by atomic mass is 32.2. The van der Waals surface area contributed by atoms with Gasteiger partial charge in [0.25, 0.3) is 0 Å². The lowest BCUT2D eigenvalue weighted by Gasteiger charge is -2.21. The van der Waals surface area contributed by atoms with Crippen molar-refractivity contribution in [3.05, 3.63) is 0 Å². The summed E-state index contributed by atoms with van der Waals surface area (Å²) in [6.07, 6.45) is 2.10. The van der Waals surface area contributed by atoms with Gasteiger partial charge in [-0.15, -0.1) is 0 Å². The van der Waals surface area contributed by atoms with Crippen molar-refractivity contribution < 1.29 is 13.2 Å². The number of sulfone groups is 1. The van der Waals surface area contributed by atoms with Crippen molar-refractivity contribution in [3.8, 4) is 0 Å². The molecule has 0 aliphatic heterocycles. The standard InChI is InChI=1S/C8H20N2O3S/c1-4-5-13-6-8(10-9)7(2)14(3,11)12/h7-8,10H,4-6,9H2,1-3H3. The quantitative estimate of drug-likeness (QED) is 0.352. The van der Waals surface area contributed by atoms with E-state index in [4.69, 9.17) is 10.6 Å². The minimum Gasteiger partial charge on any atom is -0.380 e. The molecule has 0 aromatic carbocycles. The van der Waals surface area contributed by atoms with Gasteiger partial charge in [0.2, 0.25) is 0 Å². The van der Waals surface area contributed by atoms with Gasteiger partial charge >= 0.3 is 0 Å². The third-order valence-corrected chi connectivity index (χ3v) is 3.78. The van der Waals surface area contributed by atoms with Crippen LogP contribution in [-0.4, -0.2) is 39.2 Å². The molecule has 2 atom stereocenters. The van der Waals surface area contributed by atoms with E-state index < -0.39 is 15.1 Å². The summed E-state index contributed by atoms with van der Waals surface area (Å²) in [5.41, 5.74) is 2.46. The maximum absolute atomic E-state index is 11.2. The van der Waals surface area contributed by atoms with Crippen LogP contribution in [-0.2, 0) is 14.6 Å². The first-order valence-corrected chi connectivity index (χ1v) is 6.61. The summed E-state index contributed by atoms with van der Waals surface area (Å²) in [7, 11) is -3.07. The van der Waals surface area contributed by atoms with Gasteiger partial charge in [0, 0.05) is 12.9 Å². The summed E-state index contributed by atoms with van der Waals surface area (Å²) in [4.78, 5) is 0. The SMILES string of the molecule is CCCOCC(NN)C(C)S(C)(=O)=O. The van der Waals surface area contributed by atoms with Crippen LogP contribution in [0.25, 0.3) is 0 Å². The Bertz CT molecular complexity index is 241. The molecule has 3 N–H and O–H groups in total. The van der Waals surface area contributed by atoms with Gasteiger partial charge in [0.1, 0.15) is 0 Å². The zero-order chi connectivity index (χ0) is 11.2. The van der Waals surface area contributed by atoms with Gasteiger partial charge in [-0.1, -0.05) is 6.92 Å². The molecule has 0 aliphatic rings. The molecule has 0 saturated heterocycles. The van der Waals surface area contributed by atoms with E-state index in [9.17, 15) is 8.42 Å². The normalized spacial score (nSPS) is 16.6. The largest absolute Gasteiger partial charge is 0.380 e. The minimum atomic E-state index is -3.07. The van der Waals surface area contributed by atoms with Crippen LogP contribution >= 0.6 is 0 Å². The number of hydrazine groups is 1. The van der Waals surface area contributed by atoms with Crippen LogP contribution in [0.2, 0.25) is 0 Å². The lowest BCUT2D eigenvalue weighted by Crippen LogP contribution is -2.48. The fourth-order valence-corrected chi connectivity index (χ4v) is 1.73. The van der Waals surface area contributed by atoms with E-state index in [1.165, 1.54) is 6.26 Å². The average molecular weight is 224 g/mol. The molecule has 5 nitrogen and oxygen atoms in total. The molecule has 0 bridgehead atoms. The molecule has 0 aliphatic carbocycles. The molecular formula is C8H20N2O3S. The first kappa shape index (κ1) is 13.8. The Kier molecular flexibility index (Phi) is 6.26. The number of hydrogen-bond donors (Lipinski definition) is 2. The summed E-state index contributed by atoms with van der Waals surface area (Å²) in [5, 5.41) is -0.538. The van der Waals surface area contributed by atoms with E-state index in [1.54, 1.807) is 6.92 Å². The van der Waals surface area contributed by atoms with E-state index in [-0.39, 0.29) is 6.04 Å². The molecular weight excluding hydrogens is 204 g/mol. The Hall–Kier alpha value is -0.170. The molecule has 0 rings (SSSR count). The Morgan fingerprint density at radius 1 is 1.50 bits per heavy atom. The highest BCUT2D eigenvalue weighted by Crippen LogP contribution is 2.04. The lowest BCUT2D eigenvalue weighted by molar-refractivity contribution is 0.111. The minimum absolute atomic E-state index is 0.318. The Morgan fingerprint density at radius 3 is 2.43 bits per heavy atom. The summed E-state index contributed by atoms with van der Waals surface area (Å²) < 4.78 is 27.7. The van der Waals surface area contributed by atoms with Crippen LogP contribution < -0.4 is 11.3 Å². The first-order chi connectivity index (χ1) is 6.43. The van der Waals surface area contributed by atoms with Crippen molar-refractivity contribution in [3.63, 3.8) is 0 Å². The topological polar surface area (TPSA) is 81.4 Å². The van der Waals surface area contributed by atoms with Crippen molar-refractivity contribution in [1.82, 2.24) is 5.43 Å². The predicted octanol–water partition coefficient (Wildman–Crippen LogP) is -0.322. The molecule has 6 heteroatoms. The van der Waals surface area contributed by atoms with Crippen LogP contribution in [0.15, 0.2) is 0 Å². The summed E-state index contributed by atoms with van der Waals surface area (Å²) in [6, 6.07) is -0.350. The third-order valence-electron chi connectivity index (χ3n) is 2.10. The number of rotatable bonds is 7. The van der Waals surface area contributed by atoms with Crippen molar-refractivity contribution in [2.75, 3.05) is 19.5 Å². The smallest absolute Gasteiger partial charge is 0.151 e. The van der Waals surface area contributed by atoms with E-state index >= 15 is 0 Å². The van der Waals surface area contributed by atoms with Gasteiger partial charge in [-0.05, 0) is 13.3 Å². The van der Waals surface area contributed by atoms with Gasteiger partial charge in [-0.25, -0.2) is 8.42 Å². The second-order valence-corrected chi connectivity index (χ2v) is 5.79. The number of ether oxygens (including phenoxy) is 1. The van der Waals surface area contributed by atoms with Gasteiger partial charge in [-0.2, -0.15) is 0 Å². The molecule has 0 radical (unpaired) electrons. The predicted molar refractivity (Wildman–Crippen MR) is 56.5 cm³/mol. The maximum atomic E-state index is 11.2. The summed E-state index contributed by atoms with van der Waals surface area (Å²) >= 11 is 0. The summed E-state index contributed by atoms with van der Waals surface area (Å²) in [5.74, 6) is 5.26. The van der Waals surface area contributed by atoms with E-state index in [2.05, 4.69) is 5.43 Å². The number of nitrogens with one attached hydrogen (secondary N) is 1. The summed E-state index contributed by atoms with van der Waals surface area (Å²) in [6.45, 7) is 4.55. The molecule has 2 unspecified atom stereocenters. The van der Waals surface area contributed by atoms with Gasteiger partial charge in [0.05, 0.1) is 17.9 Å². The molecule has 86 valence electrons. The Labute approximate surface area is 85.9 Å². The highest BCUT2D eigenvalue weighted by molar-refractivity contribution is 7.91. The van der Waals surface area contributed by atoms with E-state index in [1.807, 2.05) is 6.92 Å². The first-order valence-electron chi connectivity index (χ1n) is 4.66. The molecule has 0 aromatic heterocycles. The molecule has 14 heavy (non-hydrogen) atoms. The number of hydrogen-bond acceptors (Lipinski definition) is 5. The fraction of sp³-hybridized carbons (Fsp3) is 1.00. The highest BCUT2D eigenvalue weighted by Gasteiger charge is 2.24. The zero-order valence-corrected chi connectivity index (χ0v) is 9.80. The van der Waals surface area contributed by atoms with Crippen LogP contribution in [0.5, 0.6) is 0 Å². The average Bonchev–Trinajstić information content (AvgIpc) is 2.10. The van der Waals surface area contributed by atoms with Crippen molar-refractivity contribution in [1.29, 1.82) is 0 Å². The van der Waals surface area contributed by atoms with Crippen LogP contribution in [0.1, 0.15) is 20.3 Å². The van der Waals surface area contributed by atoms with E-state index in [0.29, 0.717) is 13.2 Å². The Balaban J connectivity index is 4.13. The van der Waals surface area contributed by atoms with Crippen molar-refractivity contribution in [2.24, 2.45) is 5.84 Å². The molecule has 0 amide bonds. The van der Waals surface area contributed by atoms with Crippen LogP contribution in [0.3, 0.4) is 0 Å². The lowest BCUT2D eigenvalue weighted by atomic mass is 10.2. The van der Waals surface area contributed by atoms with Crippen LogP contribution in [0, 0.1) is 0 Å².